The molecule has 0 saturated heterocycles. The molecule has 1 amide bonds. The normalized spacial score (nSPS) is 15.4. The van der Waals surface area contributed by atoms with Crippen molar-refractivity contribution in [2.75, 3.05) is 6.54 Å². The highest BCUT2D eigenvalue weighted by Crippen LogP contribution is 2.30. The SMILES string of the molecule is C[C@H](Sc1nnc(-c2c[nH]c3ccccc23)o1)C(=O)NCCC1=CCCCC1. The van der Waals surface area contributed by atoms with Gasteiger partial charge in [-0.05, 0) is 45.1 Å². The average Bonchev–Trinajstić information content (AvgIpc) is 3.35. The first kappa shape index (κ1) is 18.8. The number of para-hydroxylation sites is 1. The van der Waals surface area contributed by atoms with Crippen molar-refractivity contribution in [2.24, 2.45) is 0 Å². The number of amides is 1. The van der Waals surface area contributed by atoms with Gasteiger partial charge in [0, 0.05) is 23.6 Å². The van der Waals surface area contributed by atoms with Gasteiger partial charge in [-0.15, -0.1) is 10.2 Å². The lowest BCUT2D eigenvalue weighted by Gasteiger charge is -2.14. The molecule has 0 fully saturated rings. The number of thioether (sulfide) groups is 1. The molecule has 146 valence electrons. The summed E-state index contributed by atoms with van der Waals surface area (Å²) in [6, 6.07) is 7.96. The maximum absolute atomic E-state index is 12.4. The lowest BCUT2D eigenvalue weighted by atomic mass is 9.97. The highest BCUT2D eigenvalue weighted by molar-refractivity contribution is 8.00. The van der Waals surface area contributed by atoms with Crippen molar-refractivity contribution in [1.82, 2.24) is 20.5 Å². The number of rotatable bonds is 7. The number of hydrogen-bond donors (Lipinski definition) is 2. The van der Waals surface area contributed by atoms with Gasteiger partial charge in [-0.1, -0.05) is 41.6 Å². The molecule has 2 heterocycles. The molecule has 1 atom stereocenters. The van der Waals surface area contributed by atoms with Gasteiger partial charge >= 0.3 is 0 Å². The highest BCUT2D eigenvalue weighted by Gasteiger charge is 2.19. The van der Waals surface area contributed by atoms with E-state index in [1.54, 1.807) is 0 Å². The van der Waals surface area contributed by atoms with E-state index in [2.05, 4.69) is 26.6 Å². The maximum Gasteiger partial charge on any atom is 0.277 e. The van der Waals surface area contributed by atoms with Crippen LogP contribution in [-0.4, -0.2) is 32.9 Å². The van der Waals surface area contributed by atoms with Crippen LogP contribution in [0, 0.1) is 0 Å². The second-order valence-corrected chi connectivity index (χ2v) is 8.32. The van der Waals surface area contributed by atoms with Gasteiger partial charge in [0.1, 0.15) is 0 Å². The summed E-state index contributed by atoms with van der Waals surface area (Å²) in [5.74, 6) is 0.449. The van der Waals surface area contributed by atoms with E-state index in [4.69, 9.17) is 4.42 Å². The number of nitrogens with one attached hydrogen (secondary N) is 2. The van der Waals surface area contributed by atoms with Crippen LogP contribution in [-0.2, 0) is 4.79 Å². The standard InChI is InChI=1S/C21H24N4O2S/c1-14(19(26)22-12-11-15-7-3-2-4-8-15)28-21-25-24-20(27-21)17-13-23-18-10-6-5-9-16(17)18/h5-7,9-10,13-14,23H,2-4,8,11-12H2,1H3,(H,22,26)/t14-/m0/s1. The Morgan fingerprint density at radius 1 is 1.32 bits per heavy atom. The van der Waals surface area contributed by atoms with Crippen LogP contribution < -0.4 is 5.32 Å². The van der Waals surface area contributed by atoms with Crippen molar-refractivity contribution < 1.29 is 9.21 Å². The quantitative estimate of drug-likeness (QED) is 0.446. The fourth-order valence-electron chi connectivity index (χ4n) is 3.44. The minimum Gasteiger partial charge on any atom is -0.411 e. The summed E-state index contributed by atoms with van der Waals surface area (Å²) in [5, 5.41) is 12.4. The van der Waals surface area contributed by atoms with Crippen molar-refractivity contribution in [2.45, 2.75) is 49.5 Å². The maximum atomic E-state index is 12.4. The number of benzene rings is 1. The van der Waals surface area contributed by atoms with Crippen LogP contribution in [0.1, 0.15) is 39.0 Å². The van der Waals surface area contributed by atoms with Gasteiger partial charge in [0.25, 0.3) is 11.1 Å². The topological polar surface area (TPSA) is 83.8 Å². The first-order valence-corrected chi connectivity index (χ1v) is 10.6. The van der Waals surface area contributed by atoms with Gasteiger partial charge in [0.15, 0.2) is 0 Å². The molecule has 0 saturated carbocycles. The molecule has 6 nitrogen and oxygen atoms in total. The number of hydrogen-bond acceptors (Lipinski definition) is 5. The molecule has 7 heteroatoms. The van der Waals surface area contributed by atoms with Crippen LogP contribution in [0.15, 0.2) is 51.8 Å². The number of fused-ring (bicyclic) bond motifs is 1. The van der Waals surface area contributed by atoms with E-state index < -0.39 is 0 Å². The van der Waals surface area contributed by atoms with E-state index in [9.17, 15) is 4.79 Å². The number of allylic oxidation sites excluding steroid dienone is 1. The lowest BCUT2D eigenvalue weighted by molar-refractivity contribution is -0.120. The molecule has 4 rings (SSSR count). The fraction of sp³-hybridized carbons (Fsp3) is 0.381. The third-order valence-electron chi connectivity index (χ3n) is 5.00. The van der Waals surface area contributed by atoms with Gasteiger partial charge < -0.3 is 14.7 Å². The smallest absolute Gasteiger partial charge is 0.277 e. The number of carbonyl (C=O) groups is 1. The van der Waals surface area contributed by atoms with Gasteiger partial charge in [-0.25, -0.2) is 0 Å². The molecule has 1 aromatic carbocycles. The molecule has 0 unspecified atom stereocenters. The second kappa shape index (κ2) is 8.65. The predicted molar refractivity (Wildman–Crippen MR) is 111 cm³/mol. The summed E-state index contributed by atoms with van der Waals surface area (Å²) in [6.45, 7) is 2.54. The molecular formula is C21H24N4O2S. The molecule has 0 aliphatic heterocycles. The van der Waals surface area contributed by atoms with Crippen LogP contribution in [0.25, 0.3) is 22.4 Å². The van der Waals surface area contributed by atoms with Gasteiger partial charge in [0.2, 0.25) is 5.91 Å². The number of aromatic amines is 1. The third kappa shape index (κ3) is 4.30. The molecule has 2 N–H and O–H groups in total. The van der Waals surface area contributed by atoms with Crippen molar-refractivity contribution in [3.8, 4) is 11.5 Å². The Morgan fingerprint density at radius 3 is 3.07 bits per heavy atom. The summed E-state index contributed by atoms with van der Waals surface area (Å²) < 4.78 is 5.79. The molecule has 0 spiro atoms. The van der Waals surface area contributed by atoms with Crippen molar-refractivity contribution in [3.63, 3.8) is 0 Å². The summed E-state index contributed by atoms with van der Waals surface area (Å²) >= 11 is 1.28. The zero-order valence-electron chi connectivity index (χ0n) is 15.9. The molecular weight excluding hydrogens is 372 g/mol. The van der Waals surface area contributed by atoms with Crippen LogP contribution in [0.3, 0.4) is 0 Å². The monoisotopic (exact) mass is 396 g/mol. The number of nitrogens with zero attached hydrogens (tertiary/aromatic N) is 2. The molecule has 0 radical (unpaired) electrons. The van der Waals surface area contributed by atoms with Crippen LogP contribution in [0.5, 0.6) is 0 Å². The van der Waals surface area contributed by atoms with Crippen LogP contribution >= 0.6 is 11.8 Å². The van der Waals surface area contributed by atoms with E-state index in [0.29, 0.717) is 17.7 Å². The largest absolute Gasteiger partial charge is 0.411 e. The second-order valence-electron chi connectivity index (χ2n) is 7.03. The Bertz CT molecular complexity index is 991. The van der Waals surface area contributed by atoms with Gasteiger partial charge in [-0.3, -0.25) is 4.79 Å². The Hall–Kier alpha value is -2.54. The third-order valence-corrected chi connectivity index (χ3v) is 5.94. The highest BCUT2D eigenvalue weighted by atomic mass is 32.2. The van der Waals surface area contributed by atoms with E-state index in [1.165, 1.54) is 43.0 Å². The summed E-state index contributed by atoms with van der Waals surface area (Å²) in [7, 11) is 0. The van der Waals surface area contributed by atoms with E-state index in [1.807, 2.05) is 37.4 Å². The van der Waals surface area contributed by atoms with Crippen LogP contribution in [0.4, 0.5) is 0 Å². The molecule has 0 bridgehead atoms. The summed E-state index contributed by atoms with van der Waals surface area (Å²) in [6.07, 6.45) is 10.0. The fourth-order valence-corrected chi connectivity index (χ4v) is 4.15. The Morgan fingerprint density at radius 2 is 2.21 bits per heavy atom. The van der Waals surface area contributed by atoms with E-state index in [-0.39, 0.29) is 11.2 Å². The number of H-pyrrole nitrogens is 1. The summed E-state index contributed by atoms with van der Waals surface area (Å²) in [5.41, 5.74) is 3.35. The van der Waals surface area contributed by atoms with Crippen molar-refractivity contribution >= 4 is 28.6 Å². The van der Waals surface area contributed by atoms with E-state index in [0.717, 1.165) is 22.9 Å². The number of aromatic nitrogens is 3. The van der Waals surface area contributed by atoms with Gasteiger partial charge in [-0.2, -0.15) is 0 Å². The molecule has 1 aliphatic carbocycles. The molecule has 3 aromatic rings. The zero-order valence-corrected chi connectivity index (χ0v) is 16.7. The number of carbonyl (C=O) groups excluding carboxylic acids is 1. The Balaban J connectivity index is 1.33. The Labute approximate surface area is 168 Å². The van der Waals surface area contributed by atoms with E-state index >= 15 is 0 Å². The van der Waals surface area contributed by atoms with Crippen molar-refractivity contribution in [1.29, 1.82) is 0 Å². The van der Waals surface area contributed by atoms with Gasteiger partial charge in [0.05, 0.1) is 10.8 Å². The summed E-state index contributed by atoms with van der Waals surface area (Å²) in [4.78, 5) is 15.6. The molecule has 28 heavy (non-hydrogen) atoms. The minimum absolute atomic E-state index is 0.00625. The van der Waals surface area contributed by atoms with Crippen molar-refractivity contribution in [3.05, 3.63) is 42.1 Å². The molecule has 2 aromatic heterocycles. The van der Waals surface area contributed by atoms with Crippen LogP contribution in [0.2, 0.25) is 0 Å². The first-order chi connectivity index (χ1) is 13.7. The first-order valence-electron chi connectivity index (χ1n) is 9.73. The molecule has 1 aliphatic rings. The average molecular weight is 397 g/mol. The lowest BCUT2D eigenvalue weighted by Crippen LogP contribution is -2.31. The Kier molecular flexibility index (Phi) is 5.81. The zero-order chi connectivity index (χ0) is 19.3. The predicted octanol–water partition coefficient (Wildman–Crippen LogP) is 4.71. The minimum atomic E-state index is -0.295.